The molecule has 0 amide bonds. The Morgan fingerprint density at radius 2 is 1.41 bits per heavy atom. The largest absolute Gasteiger partial charge is 0.356 e. The maximum absolute atomic E-state index is 11.6. The number of piperidine rings is 1. The number of anilines is 2. The highest BCUT2D eigenvalue weighted by Gasteiger charge is 2.24. The van der Waals surface area contributed by atoms with Crippen molar-refractivity contribution in [3.05, 3.63) is 12.4 Å². The van der Waals surface area contributed by atoms with Crippen LogP contribution in [0.1, 0.15) is 19.3 Å². The van der Waals surface area contributed by atoms with Crippen molar-refractivity contribution in [3.63, 3.8) is 0 Å². The van der Waals surface area contributed by atoms with Crippen LogP contribution in [0.2, 0.25) is 0 Å². The maximum Gasteiger partial charge on any atom is 0.211 e. The summed E-state index contributed by atoms with van der Waals surface area (Å²) in [6.07, 6.45) is 6.60. The van der Waals surface area contributed by atoms with Gasteiger partial charge in [-0.05, 0) is 19.3 Å². The maximum atomic E-state index is 11.6. The van der Waals surface area contributed by atoms with E-state index in [1.807, 2.05) is 6.07 Å². The van der Waals surface area contributed by atoms with Crippen molar-refractivity contribution in [2.24, 2.45) is 0 Å². The quantitative estimate of drug-likeness (QED) is 0.808. The number of aromatic nitrogens is 2. The Morgan fingerprint density at radius 1 is 0.864 bits per heavy atom. The predicted molar refractivity (Wildman–Crippen MR) is 86.7 cm³/mol. The molecule has 1 aromatic rings. The summed E-state index contributed by atoms with van der Waals surface area (Å²) >= 11 is 0. The number of hydrogen-bond donors (Lipinski definition) is 0. The van der Waals surface area contributed by atoms with Gasteiger partial charge in [0, 0.05) is 45.3 Å². The number of piperazine rings is 1. The highest BCUT2D eigenvalue weighted by Crippen LogP contribution is 2.22. The molecule has 2 saturated heterocycles. The van der Waals surface area contributed by atoms with Crippen LogP contribution in [-0.2, 0) is 10.0 Å². The van der Waals surface area contributed by atoms with Crippen LogP contribution in [0.15, 0.2) is 12.4 Å². The molecule has 0 bridgehead atoms. The van der Waals surface area contributed by atoms with E-state index < -0.39 is 10.0 Å². The Bertz CT molecular complexity index is 607. The van der Waals surface area contributed by atoms with Gasteiger partial charge in [0.05, 0.1) is 6.26 Å². The summed E-state index contributed by atoms with van der Waals surface area (Å²) in [6, 6.07) is 2.03. The Kier molecular flexibility index (Phi) is 4.49. The van der Waals surface area contributed by atoms with E-state index in [0.717, 1.165) is 24.7 Å². The summed E-state index contributed by atoms with van der Waals surface area (Å²) in [5.41, 5.74) is 0. The first-order chi connectivity index (χ1) is 10.5. The Balaban J connectivity index is 1.68. The topological polar surface area (TPSA) is 69.6 Å². The van der Waals surface area contributed by atoms with Gasteiger partial charge in [0.15, 0.2) is 0 Å². The van der Waals surface area contributed by atoms with Crippen LogP contribution in [0, 0.1) is 0 Å². The van der Waals surface area contributed by atoms with E-state index in [4.69, 9.17) is 0 Å². The standard InChI is InChI=1S/C14H23N5O2S/c1-22(20,21)19-9-7-18(8-10-19)14-11-13(15-12-16-14)17-5-3-2-4-6-17/h11-12H,2-10H2,1H3. The van der Waals surface area contributed by atoms with Gasteiger partial charge in [0.1, 0.15) is 18.0 Å². The van der Waals surface area contributed by atoms with Crippen LogP contribution >= 0.6 is 0 Å². The first-order valence-electron chi connectivity index (χ1n) is 7.81. The summed E-state index contributed by atoms with van der Waals surface area (Å²) in [5, 5.41) is 0. The highest BCUT2D eigenvalue weighted by atomic mass is 32.2. The lowest BCUT2D eigenvalue weighted by Gasteiger charge is -2.34. The van der Waals surface area contributed by atoms with Crippen LogP contribution < -0.4 is 9.80 Å². The second-order valence-corrected chi connectivity index (χ2v) is 7.91. The molecular formula is C14H23N5O2S. The Labute approximate surface area is 132 Å². The lowest BCUT2D eigenvalue weighted by molar-refractivity contribution is 0.387. The number of rotatable bonds is 3. The average Bonchev–Trinajstić information content (AvgIpc) is 2.55. The predicted octanol–water partition coefficient (Wildman–Crippen LogP) is 0.548. The fourth-order valence-corrected chi connectivity index (χ4v) is 3.88. The van der Waals surface area contributed by atoms with Crippen LogP contribution in [0.25, 0.3) is 0 Å². The molecule has 2 fully saturated rings. The highest BCUT2D eigenvalue weighted by molar-refractivity contribution is 7.88. The van der Waals surface area contributed by atoms with Crippen molar-refractivity contribution >= 4 is 21.7 Å². The Morgan fingerprint density at radius 3 is 1.95 bits per heavy atom. The number of hydrogen-bond acceptors (Lipinski definition) is 6. The first kappa shape index (κ1) is 15.5. The van der Waals surface area contributed by atoms with Crippen molar-refractivity contribution in [2.75, 3.05) is 55.3 Å². The molecule has 0 aromatic carbocycles. The van der Waals surface area contributed by atoms with E-state index in [1.54, 1.807) is 6.33 Å². The van der Waals surface area contributed by atoms with Gasteiger partial charge >= 0.3 is 0 Å². The average molecular weight is 325 g/mol. The van der Waals surface area contributed by atoms with E-state index in [2.05, 4.69) is 19.8 Å². The van der Waals surface area contributed by atoms with E-state index in [1.165, 1.54) is 29.8 Å². The smallest absolute Gasteiger partial charge is 0.211 e. The molecule has 122 valence electrons. The second kappa shape index (κ2) is 6.37. The van der Waals surface area contributed by atoms with Crippen molar-refractivity contribution in [1.82, 2.24) is 14.3 Å². The van der Waals surface area contributed by atoms with Crippen LogP contribution in [0.5, 0.6) is 0 Å². The minimum Gasteiger partial charge on any atom is -0.356 e. The molecule has 2 aliphatic rings. The van der Waals surface area contributed by atoms with Crippen LogP contribution in [0.4, 0.5) is 11.6 Å². The molecule has 3 heterocycles. The molecule has 0 spiro atoms. The first-order valence-corrected chi connectivity index (χ1v) is 9.66. The summed E-state index contributed by atoms with van der Waals surface area (Å²) in [4.78, 5) is 13.2. The normalized spacial score (nSPS) is 21.1. The van der Waals surface area contributed by atoms with Gasteiger partial charge < -0.3 is 9.80 Å². The monoisotopic (exact) mass is 325 g/mol. The number of nitrogens with zero attached hydrogens (tertiary/aromatic N) is 5. The summed E-state index contributed by atoms with van der Waals surface area (Å²) in [6.45, 7) is 4.48. The van der Waals surface area contributed by atoms with Gasteiger partial charge in [-0.1, -0.05) is 0 Å². The van der Waals surface area contributed by atoms with Gasteiger partial charge in [-0.25, -0.2) is 18.4 Å². The lowest BCUT2D eigenvalue weighted by Crippen LogP contribution is -2.48. The molecule has 1 aromatic heterocycles. The third kappa shape index (κ3) is 3.49. The SMILES string of the molecule is CS(=O)(=O)N1CCN(c2cc(N3CCCCC3)ncn2)CC1. The van der Waals surface area contributed by atoms with E-state index in [0.29, 0.717) is 26.2 Å². The molecule has 3 rings (SSSR count). The zero-order chi connectivity index (χ0) is 15.6. The fourth-order valence-electron chi connectivity index (χ4n) is 3.05. The summed E-state index contributed by atoms with van der Waals surface area (Å²) in [5.74, 6) is 1.87. The van der Waals surface area contributed by atoms with Gasteiger partial charge in [0.2, 0.25) is 10.0 Å². The van der Waals surface area contributed by atoms with Gasteiger partial charge in [-0.3, -0.25) is 0 Å². The van der Waals surface area contributed by atoms with Crippen molar-refractivity contribution < 1.29 is 8.42 Å². The summed E-state index contributed by atoms with van der Waals surface area (Å²) < 4.78 is 24.7. The molecule has 2 aliphatic heterocycles. The minimum absolute atomic E-state index is 0.516. The van der Waals surface area contributed by atoms with Gasteiger partial charge in [-0.15, -0.1) is 0 Å². The zero-order valence-corrected chi connectivity index (χ0v) is 13.8. The fraction of sp³-hybridized carbons (Fsp3) is 0.714. The molecule has 0 radical (unpaired) electrons. The van der Waals surface area contributed by atoms with Crippen LogP contribution in [-0.4, -0.2) is 68.2 Å². The number of sulfonamides is 1. The van der Waals surface area contributed by atoms with E-state index in [9.17, 15) is 8.42 Å². The third-order valence-electron chi connectivity index (χ3n) is 4.35. The molecule has 7 nitrogen and oxygen atoms in total. The second-order valence-electron chi connectivity index (χ2n) is 5.93. The Hall–Kier alpha value is -1.41. The molecule has 0 aliphatic carbocycles. The molecule has 0 saturated carbocycles. The van der Waals surface area contributed by atoms with E-state index >= 15 is 0 Å². The van der Waals surface area contributed by atoms with Crippen LogP contribution in [0.3, 0.4) is 0 Å². The van der Waals surface area contributed by atoms with Gasteiger partial charge in [-0.2, -0.15) is 4.31 Å². The molecule has 0 N–H and O–H groups in total. The molecule has 0 atom stereocenters. The van der Waals surface area contributed by atoms with Crippen molar-refractivity contribution in [3.8, 4) is 0 Å². The molecule has 8 heteroatoms. The van der Waals surface area contributed by atoms with Crippen molar-refractivity contribution in [2.45, 2.75) is 19.3 Å². The molecule has 0 unspecified atom stereocenters. The molecular weight excluding hydrogens is 302 g/mol. The minimum atomic E-state index is -3.09. The lowest BCUT2D eigenvalue weighted by atomic mass is 10.1. The summed E-state index contributed by atoms with van der Waals surface area (Å²) in [7, 11) is -3.09. The van der Waals surface area contributed by atoms with E-state index in [-0.39, 0.29) is 0 Å². The molecule has 22 heavy (non-hydrogen) atoms. The van der Waals surface area contributed by atoms with Crippen molar-refractivity contribution in [1.29, 1.82) is 0 Å². The third-order valence-corrected chi connectivity index (χ3v) is 5.65. The van der Waals surface area contributed by atoms with Gasteiger partial charge in [0.25, 0.3) is 0 Å². The zero-order valence-electron chi connectivity index (χ0n) is 13.0.